The third-order valence-electron chi connectivity index (χ3n) is 4.95. The summed E-state index contributed by atoms with van der Waals surface area (Å²) in [5.74, 6) is -0.263. The van der Waals surface area contributed by atoms with Crippen LogP contribution < -0.4 is 10.6 Å². The number of amides is 2. The number of nitrogens with one attached hydrogen (secondary N) is 2. The van der Waals surface area contributed by atoms with Gasteiger partial charge in [-0.05, 0) is 48.2 Å². The topological polar surface area (TPSA) is 84.0 Å². The first-order chi connectivity index (χ1) is 15.7. The maximum atomic E-state index is 12.7. The monoisotopic (exact) mass is 496 g/mol. The van der Waals surface area contributed by atoms with Crippen LogP contribution in [0.5, 0.6) is 0 Å². The summed E-state index contributed by atoms with van der Waals surface area (Å²) >= 11 is 4.29. The van der Waals surface area contributed by atoms with Crippen LogP contribution >= 0.6 is 34.4 Å². The average Bonchev–Trinajstić information content (AvgIpc) is 3.42. The fraction of sp³-hybridized carbons (Fsp3) is 0.250. The van der Waals surface area contributed by atoms with Crippen LogP contribution in [0.3, 0.4) is 0 Å². The number of hydrogen-bond donors (Lipinski definition) is 2. The number of nitrogens with zero attached hydrogens (tertiary/aromatic N) is 2. The van der Waals surface area contributed by atoms with Gasteiger partial charge in [0.05, 0.1) is 15.5 Å². The van der Waals surface area contributed by atoms with E-state index in [0.29, 0.717) is 16.4 Å². The molecule has 0 saturated carbocycles. The Morgan fingerprint density at radius 1 is 1.06 bits per heavy atom. The van der Waals surface area contributed by atoms with E-state index < -0.39 is 0 Å². The van der Waals surface area contributed by atoms with Crippen LogP contribution in [0.2, 0.25) is 0 Å². The first-order valence-corrected chi connectivity index (χ1v) is 13.0. The number of aromatic nitrogens is 2. The minimum Gasteiger partial charge on any atom is -0.322 e. The van der Waals surface area contributed by atoms with Gasteiger partial charge in [0.15, 0.2) is 9.47 Å². The summed E-state index contributed by atoms with van der Waals surface area (Å²) in [6.07, 6.45) is 1.66. The lowest BCUT2D eigenvalue weighted by Gasteiger charge is -2.19. The Balaban J connectivity index is 1.42. The van der Waals surface area contributed by atoms with E-state index in [4.69, 9.17) is 0 Å². The maximum absolute atomic E-state index is 12.7. The van der Waals surface area contributed by atoms with E-state index in [-0.39, 0.29) is 22.5 Å². The van der Waals surface area contributed by atoms with Crippen molar-refractivity contribution in [2.75, 3.05) is 10.6 Å². The highest BCUT2D eigenvalue weighted by Crippen LogP contribution is 2.34. The molecule has 4 aromatic rings. The summed E-state index contributed by atoms with van der Waals surface area (Å²) in [4.78, 5) is 33.8. The molecular weight excluding hydrogens is 472 g/mol. The molecule has 0 unspecified atom stereocenters. The van der Waals surface area contributed by atoms with Gasteiger partial charge in [-0.2, -0.15) is 0 Å². The van der Waals surface area contributed by atoms with Gasteiger partial charge in [0, 0.05) is 22.8 Å². The van der Waals surface area contributed by atoms with Crippen molar-refractivity contribution in [3.63, 3.8) is 0 Å². The second-order valence-corrected chi connectivity index (χ2v) is 12.0. The Morgan fingerprint density at radius 3 is 2.48 bits per heavy atom. The van der Waals surface area contributed by atoms with Crippen LogP contribution in [0.25, 0.3) is 10.2 Å². The Labute approximate surface area is 204 Å². The predicted molar refractivity (Wildman–Crippen MR) is 139 cm³/mol. The van der Waals surface area contributed by atoms with Gasteiger partial charge in [0.2, 0.25) is 5.91 Å². The number of thiazole rings is 2. The molecule has 4 rings (SSSR count). The van der Waals surface area contributed by atoms with Crippen molar-refractivity contribution >= 4 is 67.3 Å². The third-order valence-corrected chi connectivity index (χ3v) is 7.85. The first-order valence-electron chi connectivity index (χ1n) is 10.4. The Kier molecular flexibility index (Phi) is 6.83. The standard InChI is InChI=1S/C24H24N4O2S3/c1-14(20(29)28-22-25-11-12-31-22)32-23-27-18-10-9-17(13-19(18)33-23)26-21(30)15-5-7-16(8-6-15)24(2,3)4/h5-14H,1-4H3,(H,26,30)(H,25,28,29)/t14-/m0/s1. The van der Waals surface area contributed by atoms with Crippen LogP contribution in [0.4, 0.5) is 10.8 Å². The van der Waals surface area contributed by atoms with E-state index in [9.17, 15) is 9.59 Å². The molecule has 0 fully saturated rings. The average molecular weight is 497 g/mol. The lowest BCUT2D eigenvalue weighted by atomic mass is 9.87. The summed E-state index contributed by atoms with van der Waals surface area (Å²) in [6.45, 7) is 8.28. The molecule has 0 aliphatic heterocycles. The van der Waals surface area contributed by atoms with Crippen molar-refractivity contribution in [3.8, 4) is 0 Å². The molecule has 33 heavy (non-hydrogen) atoms. The van der Waals surface area contributed by atoms with Gasteiger partial charge >= 0.3 is 0 Å². The largest absolute Gasteiger partial charge is 0.322 e. The molecule has 0 aliphatic rings. The number of anilines is 2. The molecule has 0 aliphatic carbocycles. The van der Waals surface area contributed by atoms with Gasteiger partial charge < -0.3 is 10.6 Å². The molecule has 2 amide bonds. The normalized spacial score (nSPS) is 12.5. The first kappa shape index (κ1) is 23.4. The predicted octanol–water partition coefficient (Wildman–Crippen LogP) is 6.42. The molecule has 0 radical (unpaired) electrons. The van der Waals surface area contributed by atoms with Gasteiger partial charge in [-0.3, -0.25) is 9.59 Å². The van der Waals surface area contributed by atoms with Gasteiger partial charge in [0.1, 0.15) is 0 Å². The van der Waals surface area contributed by atoms with Gasteiger partial charge in [-0.25, -0.2) is 9.97 Å². The summed E-state index contributed by atoms with van der Waals surface area (Å²) in [7, 11) is 0. The van der Waals surface area contributed by atoms with Crippen LogP contribution in [0.15, 0.2) is 58.4 Å². The van der Waals surface area contributed by atoms with Crippen LogP contribution in [-0.2, 0) is 10.2 Å². The Bertz CT molecular complexity index is 1280. The van der Waals surface area contributed by atoms with Gasteiger partial charge in [-0.15, -0.1) is 22.7 Å². The molecule has 0 bridgehead atoms. The van der Waals surface area contributed by atoms with E-state index in [1.807, 2.05) is 54.8 Å². The van der Waals surface area contributed by atoms with Crippen molar-refractivity contribution < 1.29 is 9.59 Å². The van der Waals surface area contributed by atoms with Crippen LogP contribution in [0.1, 0.15) is 43.6 Å². The minimum absolute atomic E-state index is 0.0426. The summed E-state index contributed by atoms with van der Waals surface area (Å²) < 4.78 is 1.75. The molecule has 9 heteroatoms. The number of carbonyl (C=O) groups is 2. The number of carbonyl (C=O) groups excluding carboxylic acids is 2. The van der Waals surface area contributed by atoms with Crippen molar-refractivity contribution in [2.45, 2.75) is 42.7 Å². The minimum atomic E-state index is -0.315. The molecule has 0 saturated heterocycles. The highest BCUT2D eigenvalue weighted by Gasteiger charge is 2.18. The van der Waals surface area contributed by atoms with E-state index in [1.54, 1.807) is 6.20 Å². The Morgan fingerprint density at radius 2 is 1.82 bits per heavy atom. The van der Waals surface area contributed by atoms with Crippen LogP contribution in [-0.4, -0.2) is 27.0 Å². The lowest BCUT2D eigenvalue weighted by Crippen LogP contribution is -2.22. The molecule has 2 N–H and O–H groups in total. The molecule has 170 valence electrons. The number of thioether (sulfide) groups is 1. The van der Waals surface area contributed by atoms with Crippen molar-refractivity contribution in [1.82, 2.24) is 9.97 Å². The SMILES string of the molecule is C[C@H](Sc1nc2ccc(NC(=O)c3ccc(C(C)(C)C)cc3)cc2s1)C(=O)Nc1nccs1. The van der Waals surface area contributed by atoms with Crippen molar-refractivity contribution in [2.24, 2.45) is 0 Å². The highest BCUT2D eigenvalue weighted by atomic mass is 32.2. The van der Waals surface area contributed by atoms with Gasteiger partial charge in [0.25, 0.3) is 5.91 Å². The highest BCUT2D eigenvalue weighted by molar-refractivity contribution is 8.02. The fourth-order valence-corrected chi connectivity index (χ4v) is 5.84. The maximum Gasteiger partial charge on any atom is 0.255 e. The molecule has 2 aromatic heterocycles. The van der Waals surface area contributed by atoms with E-state index in [1.165, 1.54) is 40.0 Å². The number of hydrogen-bond acceptors (Lipinski definition) is 7. The molecule has 2 aromatic carbocycles. The zero-order valence-corrected chi connectivity index (χ0v) is 21.2. The van der Waals surface area contributed by atoms with Crippen molar-refractivity contribution in [1.29, 1.82) is 0 Å². The number of fused-ring (bicyclic) bond motifs is 1. The van der Waals surface area contributed by atoms with E-state index in [2.05, 4.69) is 41.4 Å². The lowest BCUT2D eigenvalue weighted by molar-refractivity contribution is -0.115. The zero-order chi connectivity index (χ0) is 23.6. The second kappa shape index (κ2) is 9.62. The number of benzene rings is 2. The Hall–Kier alpha value is -2.75. The molecule has 2 heterocycles. The molecule has 1 atom stereocenters. The second-order valence-electron chi connectivity index (χ2n) is 8.53. The third kappa shape index (κ3) is 5.79. The smallest absolute Gasteiger partial charge is 0.255 e. The molecular formula is C24H24N4O2S3. The van der Waals surface area contributed by atoms with E-state index >= 15 is 0 Å². The summed E-state index contributed by atoms with van der Waals surface area (Å²) in [5.41, 5.74) is 3.39. The fourth-order valence-electron chi connectivity index (χ4n) is 3.05. The zero-order valence-electron chi connectivity index (χ0n) is 18.7. The summed E-state index contributed by atoms with van der Waals surface area (Å²) in [6, 6.07) is 13.3. The molecule has 0 spiro atoms. The quantitative estimate of drug-likeness (QED) is 0.301. The molecule has 6 nitrogen and oxygen atoms in total. The summed E-state index contributed by atoms with van der Waals surface area (Å²) in [5, 5.41) is 7.87. The van der Waals surface area contributed by atoms with Crippen LogP contribution in [0, 0.1) is 0 Å². The van der Waals surface area contributed by atoms with Gasteiger partial charge in [-0.1, -0.05) is 44.7 Å². The van der Waals surface area contributed by atoms with E-state index in [0.717, 1.165) is 14.6 Å². The van der Waals surface area contributed by atoms with Crippen molar-refractivity contribution in [3.05, 3.63) is 65.2 Å². The number of rotatable bonds is 6.